The molecule has 2 aromatic rings. The molecule has 9 heteroatoms. The fourth-order valence-corrected chi connectivity index (χ4v) is 4.47. The molecule has 4 nitrogen and oxygen atoms in total. The first-order chi connectivity index (χ1) is 17.4. The molecule has 0 aromatic heterocycles. The molecule has 37 heavy (non-hydrogen) atoms. The molecule has 2 heterocycles. The molecule has 0 saturated carbocycles. The van der Waals surface area contributed by atoms with Gasteiger partial charge in [0.05, 0.1) is 31.8 Å². The molecular weight excluding hydrogens is 555 g/mol. The van der Waals surface area contributed by atoms with E-state index in [1.807, 2.05) is 25.5 Å². The van der Waals surface area contributed by atoms with E-state index in [1.165, 1.54) is 11.1 Å². The summed E-state index contributed by atoms with van der Waals surface area (Å²) in [6.45, 7) is 26.9. The van der Waals surface area contributed by atoms with Crippen LogP contribution < -0.4 is 0 Å². The van der Waals surface area contributed by atoms with Gasteiger partial charge in [0.15, 0.2) is 16.8 Å². The number of hydrogen-bond donors (Lipinski definition) is 0. The lowest BCUT2D eigenvalue weighted by atomic mass is 9.93. The van der Waals surface area contributed by atoms with E-state index in [1.54, 1.807) is 0 Å². The molecule has 2 aliphatic heterocycles. The van der Waals surface area contributed by atoms with Gasteiger partial charge in [-0.05, 0) is 71.1 Å². The third-order valence-corrected chi connectivity index (χ3v) is 6.06. The van der Waals surface area contributed by atoms with E-state index in [-0.39, 0.29) is 5.41 Å². The predicted molar refractivity (Wildman–Crippen MR) is 178 cm³/mol. The minimum atomic E-state index is -0.659. The van der Waals surface area contributed by atoms with Crippen LogP contribution in [0.25, 0.3) is 11.1 Å². The summed E-state index contributed by atoms with van der Waals surface area (Å²) in [7, 11) is -0.180. The highest BCUT2D eigenvalue weighted by Gasteiger charge is 2.40. The highest BCUT2D eigenvalue weighted by Crippen LogP contribution is 2.49. The fourth-order valence-electron chi connectivity index (χ4n) is 2.50. The summed E-state index contributed by atoms with van der Waals surface area (Å²) >= 11 is 0. The van der Waals surface area contributed by atoms with Crippen molar-refractivity contribution in [3.05, 3.63) is 60.7 Å². The summed E-state index contributed by atoms with van der Waals surface area (Å²) < 4.78 is 22.0. The lowest BCUT2D eigenvalue weighted by Crippen LogP contribution is -2.44. The van der Waals surface area contributed by atoms with Gasteiger partial charge in [-0.15, -0.1) is 23.8 Å². The third kappa shape index (κ3) is 21.9. The molecule has 0 bridgehead atoms. The van der Waals surface area contributed by atoms with E-state index >= 15 is 0 Å². The summed E-state index contributed by atoms with van der Waals surface area (Å²) in [5.41, 5.74) is 2.51. The second-order valence-electron chi connectivity index (χ2n) is 10.2. The van der Waals surface area contributed by atoms with Crippen LogP contribution >= 0.6 is 40.5 Å². The molecule has 212 valence electrons. The Morgan fingerprint density at radius 1 is 0.486 bits per heavy atom. The van der Waals surface area contributed by atoms with Crippen LogP contribution in [-0.2, 0) is 18.1 Å². The lowest BCUT2D eigenvalue weighted by Gasteiger charge is -2.41. The van der Waals surface area contributed by atoms with E-state index in [0.717, 1.165) is 0 Å². The number of hydrogen-bond acceptors (Lipinski definition) is 4. The summed E-state index contributed by atoms with van der Waals surface area (Å²) in [6.07, 6.45) is 0. The van der Waals surface area contributed by atoms with Crippen LogP contribution in [0.2, 0.25) is 0 Å². The number of rotatable bonds is 1. The third-order valence-electron chi connectivity index (χ3n) is 4.09. The van der Waals surface area contributed by atoms with Gasteiger partial charge < -0.3 is 18.1 Å². The molecule has 2 saturated heterocycles. The molecule has 2 aromatic carbocycles. The molecular formula is C28H51O4P5. The molecule has 0 atom stereocenters. The maximum atomic E-state index is 5.50. The molecule has 2 aliphatic rings. The average Bonchev–Trinajstić information content (AvgIpc) is 2.84. The monoisotopic (exact) mass is 606 g/mol. The Balaban J connectivity index is 0.000000495. The first-order valence-corrected chi connectivity index (χ1v) is 23.6. The van der Waals surface area contributed by atoms with Crippen LogP contribution in [0.15, 0.2) is 60.7 Å². The molecule has 0 amide bonds. The van der Waals surface area contributed by atoms with Crippen LogP contribution in [-0.4, -0.2) is 99.7 Å². The molecule has 0 N–H and O–H groups in total. The quantitative estimate of drug-likeness (QED) is 0.303. The lowest BCUT2D eigenvalue weighted by molar-refractivity contribution is -0.0515. The van der Waals surface area contributed by atoms with Crippen molar-refractivity contribution in [2.24, 2.45) is 5.41 Å². The van der Waals surface area contributed by atoms with Crippen molar-refractivity contribution in [2.45, 2.75) is 0 Å². The average molecular weight is 607 g/mol. The van der Waals surface area contributed by atoms with E-state index in [4.69, 9.17) is 18.1 Å². The first kappa shape index (κ1) is 37.4. The van der Waals surface area contributed by atoms with Gasteiger partial charge in [-0.2, -0.15) is 0 Å². The van der Waals surface area contributed by atoms with Gasteiger partial charge in [0.25, 0.3) is 0 Å². The second kappa shape index (κ2) is 22.2. The van der Waals surface area contributed by atoms with Gasteiger partial charge in [-0.1, -0.05) is 60.7 Å². The summed E-state index contributed by atoms with van der Waals surface area (Å²) in [5.74, 6) is 0. The first-order valence-electron chi connectivity index (χ1n) is 12.3. The fraction of sp³-hybridized carbons (Fsp3) is 0.571. The van der Waals surface area contributed by atoms with Crippen molar-refractivity contribution in [2.75, 3.05) is 99.7 Å². The Morgan fingerprint density at radius 3 is 0.919 bits per heavy atom. The van der Waals surface area contributed by atoms with Crippen molar-refractivity contribution < 1.29 is 18.1 Å². The van der Waals surface area contributed by atoms with Crippen LogP contribution in [0.4, 0.5) is 0 Å². The molecule has 1 spiro atoms. The van der Waals surface area contributed by atoms with Gasteiger partial charge in [0.2, 0.25) is 0 Å². The van der Waals surface area contributed by atoms with Crippen molar-refractivity contribution >= 4 is 40.5 Å². The maximum Gasteiger partial charge on any atom is 0.167 e. The zero-order chi connectivity index (χ0) is 28.3. The molecule has 0 radical (unpaired) electrons. The minimum absolute atomic E-state index is 0.0380. The Morgan fingerprint density at radius 2 is 0.703 bits per heavy atom. The standard InChI is InChI=1S/C12H10.C7H14O4P2.3C3H9P/c1-3-7-11(8-4-1)12-9-5-2-6-10-12;1-12-8-3-7(4-9-12)5-10-13(2)11-6-7;3*1-4(2)3/h1-10H;3-6H2,1-2H3;3*1-3H3. The molecule has 0 aliphatic carbocycles. The van der Waals surface area contributed by atoms with Gasteiger partial charge in [0.1, 0.15) is 0 Å². The van der Waals surface area contributed by atoms with Crippen LogP contribution in [0.3, 0.4) is 0 Å². The maximum absolute atomic E-state index is 5.50. The Hall–Kier alpha value is 0.430. The highest BCUT2D eigenvalue weighted by atomic mass is 31.2. The van der Waals surface area contributed by atoms with Crippen molar-refractivity contribution in [3.8, 4) is 11.1 Å². The van der Waals surface area contributed by atoms with E-state index < -0.39 is 16.8 Å². The topological polar surface area (TPSA) is 36.9 Å². The predicted octanol–water partition coefficient (Wildman–Crippen LogP) is 9.38. The Labute approximate surface area is 235 Å². The molecule has 0 unspecified atom stereocenters. The van der Waals surface area contributed by atoms with Crippen molar-refractivity contribution in [3.63, 3.8) is 0 Å². The highest BCUT2D eigenvalue weighted by molar-refractivity contribution is 7.55. The van der Waals surface area contributed by atoms with Gasteiger partial charge in [-0.3, -0.25) is 0 Å². The van der Waals surface area contributed by atoms with E-state index in [2.05, 4.69) is 109 Å². The van der Waals surface area contributed by atoms with E-state index in [0.29, 0.717) is 50.2 Å². The number of benzene rings is 2. The van der Waals surface area contributed by atoms with Gasteiger partial charge in [-0.25, -0.2) is 0 Å². The van der Waals surface area contributed by atoms with Gasteiger partial charge in [0, 0.05) is 13.3 Å². The smallest absolute Gasteiger partial charge is 0.167 e. The zero-order valence-electron chi connectivity index (χ0n) is 25.0. The normalized spacial score (nSPS) is 22.4. The van der Waals surface area contributed by atoms with Crippen molar-refractivity contribution in [1.29, 1.82) is 0 Å². The second-order valence-corrected chi connectivity index (χ2v) is 21.1. The van der Waals surface area contributed by atoms with Crippen LogP contribution in [0.5, 0.6) is 0 Å². The van der Waals surface area contributed by atoms with Gasteiger partial charge >= 0.3 is 0 Å². The Bertz CT molecular complexity index is 679. The van der Waals surface area contributed by atoms with E-state index in [9.17, 15) is 0 Å². The van der Waals surface area contributed by atoms with Crippen LogP contribution in [0.1, 0.15) is 0 Å². The molecule has 2 fully saturated rings. The zero-order valence-corrected chi connectivity index (χ0v) is 29.4. The summed E-state index contributed by atoms with van der Waals surface area (Å²) in [4.78, 5) is 0. The Kier molecular flexibility index (Phi) is 22.4. The van der Waals surface area contributed by atoms with Crippen LogP contribution in [0, 0.1) is 5.41 Å². The molecule has 4 rings (SSSR count). The summed E-state index contributed by atoms with van der Waals surface area (Å²) in [6, 6.07) is 20.8. The van der Waals surface area contributed by atoms with Crippen molar-refractivity contribution in [1.82, 2.24) is 0 Å². The minimum Gasteiger partial charge on any atom is -0.333 e. The largest absolute Gasteiger partial charge is 0.333 e. The SMILES string of the molecule is CP(C)C.CP(C)C.CP(C)C.CP1OCC2(CO1)COP(C)OC2.c1ccc(-c2ccccc2)cc1. The summed E-state index contributed by atoms with van der Waals surface area (Å²) in [5, 5.41) is 0.